The third kappa shape index (κ3) is 5.30. The maximum atomic E-state index is 9.51. The number of nitrogens with zero attached hydrogens (tertiary/aromatic N) is 1. The molecule has 0 bridgehead atoms. The molecule has 0 heterocycles. The number of carbonyl (C=O) groups excluding carboxylic acids is 1. The molecule has 0 spiro atoms. The minimum absolute atomic E-state index is 0.438. The Kier molecular flexibility index (Phi) is 5.21. The van der Waals surface area contributed by atoms with E-state index in [1.165, 1.54) is 6.47 Å². The number of likely N-dealkylation sites (N-methyl/N-ethyl adjacent to an activating group) is 1. The maximum Gasteiger partial charge on any atom is 0.417 e. The first-order valence-corrected chi connectivity index (χ1v) is 2.98. The van der Waals surface area contributed by atoms with Crippen LogP contribution in [0, 0.1) is 0 Å². The minimum atomic E-state index is 0.438. The molecule has 0 aromatic heterocycles. The summed E-state index contributed by atoms with van der Waals surface area (Å²) in [4.78, 5) is 11.6. The molecule has 0 amide bonds. The van der Waals surface area contributed by atoms with Gasteiger partial charge in [-0.2, -0.15) is 0 Å². The predicted molar refractivity (Wildman–Crippen MR) is 34.8 cm³/mol. The second kappa shape index (κ2) is 5.56. The van der Waals surface area contributed by atoms with Gasteiger partial charge in [-0.15, -0.1) is 0 Å². The normalized spacial score (nSPS) is 9.67. The van der Waals surface area contributed by atoms with Gasteiger partial charge in [0.25, 0.3) is 0 Å². The average molecular weight is 130 g/mol. The van der Waals surface area contributed by atoms with E-state index in [1.54, 1.807) is 0 Å². The summed E-state index contributed by atoms with van der Waals surface area (Å²) < 4.78 is 4.36. The molecule has 0 aliphatic rings. The Balaban J connectivity index is 2.96. The highest BCUT2D eigenvalue weighted by atomic mass is 16.5. The van der Waals surface area contributed by atoms with E-state index in [0.29, 0.717) is 6.61 Å². The summed E-state index contributed by atoms with van der Waals surface area (Å²) >= 11 is 0. The zero-order valence-electron chi connectivity index (χ0n) is 5.89. The first kappa shape index (κ1) is 8.43. The standard InChI is InChI=1S/C6H12NO2/c1-3-7(2)4-5-9-6-8/h3-5H2,1-2H3. The van der Waals surface area contributed by atoms with E-state index in [-0.39, 0.29) is 0 Å². The summed E-state index contributed by atoms with van der Waals surface area (Å²) in [5.74, 6) is 0. The van der Waals surface area contributed by atoms with Crippen molar-refractivity contribution in [3.05, 3.63) is 0 Å². The minimum Gasteiger partial charge on any atom is -0.456 e. The summed E-state index contributed by atoms with van der Waals surface area (Å²) in [7, 11) is 1.97. The smallest absolute Gasteiger partial charge is 0.417 e. The van der Waals surface area contributed by atoms with Crippen molar-refractivity contribution >= 4 is 6.47 Å². The Morgan fingerprint density at radius 2 is 2.33 bits per heavy atom. The lowest BCUT2D eigenvalue weighted by atomic mass is 10.5. The topological polar surface area (TPSA) is 29.5 Å². The maximum absolute atomic E-state index is 9.51. The van der Waals surface area contributed by atoms with E-state index in [2.05, 4.69) is 9.64 Å². The number of ether oxygens (including phenoxy) is 1. The van der Waals surface area contributed by atoms with Crippen molar-refractivity contribution in [3.8, 4) is 0 Å². The first-order chi connectivity index (χ1) is 4.31. The van der Waals surface area contributed by atoms with Crippen LogP contribution in [-0.2, 0) is 9.53 Å². The van der Waals surface area contributed by atoms with E-state index in [4.69, 9.17) is 0 Å². The molecule has 0 aromatic rings. The lowest BCUT2D eigenvalue weighted by Gasteiger charge is -2.11. The Morgan fingerprint density at radius 3 is 2.78 bits per heavy atom. The molecule has 0 aliphatic heterocycles. The molecule has 0 fully saturated rings. The first-order valence-electron chi connectivity index (χ1n) is 2.98. The van der Waals surface area contributed by atoms with Crippen molar-refractivity contribution in [1.29, 1.82) is 0 Å². The SMILES string of the molecule is CCN(C)CCO[C]=O. The van der Waals surface area contributed by atoms with E-state index in [1.807, 2.05) is 14.0 Å². The van der Waals surface area contributed by atoms with Gasteiger partial charge in [0.05, 0.1) is 0 Å². The van der Waals surface area contributed by atoms with Crippen LogP contribution in [0.2, 0.25) is 0 Å². The molecule has 0 saturated carbocycles. The lowest BCUT2D eigenvalue weighted by Crippen LogP contribution is -2.22. The third-order valence-electron chi connectivity index (χ3n) is 1.17. The van der Waals surface area contributed by atoms with Gasteiger partial charge >= 0.3 is 6.47 Å². The van der Waals surface area contributed by atoms with Gasteiger partial charge in [-0.05, 0) is 13.6 Å². The van der Waals surface area contributed by atoms with Crippen LogP contribution in [0.4, 0.5) is 0 Å². The summed E-state index contributed by atoms with van der Waals surface area (Å²) in [5.41, 5.74) is 0. The zero-order valence-corrected chi connectivity index (χ0v) is 5.89. The fourth-order valence-corrected chi connectivity index (χ4v) is 0.401. The number of hydrogen-bond acceptors (Lipinski definition) is 3. The molecule has 3 nitrogen and oxygen atoms in total. The molecule has 0 unspecified atom stereocenters. The highest BCUT2D eigenvalue weighted by molar-refractivity contribution is 5.38. The van der Waals surface area contributed by atoms with E-state index < -0.39 is 0 Å². The van der Waals surface area contributed by atoms with Crippen LogP contribution in [0.3, 0.4) is 0 Å². The number of hydrogen-bond donors (Lipinski definition) is 0. The van der Waals surface area contributed by atoms with Gasteiger partial charge in [0.15, 0.2) is 0 Å². The van der Waals surface area contributed by atoms with Crippen LogP contribution in [0.5, 0.6) is 0 Å². The quantitative estimate of drug-likeness (QED) is 0.491. The molecule has 9 heavy (non-hydrogen) atoms. The van der Waals surface area contributed by atoms with Crippen molar-refractivity contribution < 1.29 is 9.53 Å². The molecule has 0 aliphatic carbocycles. The molecule has 3 heteroatoms. The Labute approximate surface area is 55.6 Å². The van der Waals surface area contributed by atoms with Gasteiger partial charge in [-0.25, -0.2) is 4.79 Å². The van der Waals surface area contributed by atoms with Gasteiger partial charge in [0.1, 0.15) is 6.61 Å². The lowest BCUT2D eigenvalue weighted by molar-refractivity contribution is 0.223. The molecule has 0 saturated heterocycles. The molecular weight excluding hydrogens is 118 g/mol. The monoisotopic (exact) mass is 130 g/mol. The van der Waals surface area contributed by atoms with Gasteiger partial charge in [0, 0.05) is 6.54 Å². The average Bonchev–Trinajstić information content (AvgIpc) is 1.89. The van der Waals surface area contributed by atoms with Crippen LogP contribution in [0.15, 0.2) is 0 Å². The molecule has 0 atom stereocenters. The van der Waals surface area contributed by atoms with E-state index in [9.17, 15) is 4.79 Å². The van der Waals surface area contributed by atoms with Crippen molar-refractivity contribution in [2.24, 2.45) is 0 Å². The van der Waals surface area contributed by atoms with Gasteiger partial charge < -0.3 is 9.64 Å². The Bertz CT molecular complexity index is 75.5. The van der Waals surface area contributed by atoms with E-state index >= 15 is 0 Å². The van der Waals surface area contributed by atoms with Crippen LogP contribution >= 0.6 is 0 Å². The molecule has 0 rings (SSSR count). The third-order valence-corrected chi connectivity index (χ3v) is 1.17. The summed E-state index contributed by atoms with van der Waals surface area (Å²) in [6.07, 6.45) is 0. The van der Waals surface area contributed by atoms with Gasteiger partial charge in [-0.1, -0.05) is 6.92 Å². The van der Waals surface area contributed by atoms with Crippen LogP contribution in [0.1, 0.15) is 6.92 Å². The fraction of sp³-hybridized carbons (Fsp3) is 0.833. The van der Waals surface area contributed by atoms with Crippen molar-refractivity contribution in [1.82, 2.24) is 4.90 Å². The van der Waals surface area contributed by atoms with Crippen molar-refractivity contribution in [2.45, 2.75) is 6.92 Å². The zero-order chi connectivity index (χ0) is 7.11. The second-order valence-electron chi connectivity index (χ2n) is 1.83. The fourth-order valence-electron chi connectivity index (χ4n) is 0.401. The van der Waals surface area contributed by atoms with Gasteiger partial charge in [-0.3, -0.25) is 0 Å². The molecule has 0 N–H and O–H groups in total. The Hall–Kier alpha value is -0.570. The molecule has 0 aromatic carbocycles. The summed E-state index contributed by atoms with van der Waals surface area (Å²) in [6.45, 7) is 5.61. The highest BCUT2D eigenvalue weighted by Crippen LogP contribution is 1.78. The summed E-state index contributed by atoms with van der Waals surface area (Å²) in [5, 5.41) is 0. The Morgan fingerprint density at radius 1 is 1.67 bits per heavy atom. The highest BCUT2D eigenvalue weighted by Gasteiger charge is 1.91. The summed E-state index contributed by atoms with van der Waals surface area (Å²) in [6, 6.07) is 0. The van der Waals surface area contributed by atoms with Crippen LogP contribution < -0.4 is 0 Å². The molecule has 1 radical (unpaired) electrons. The van der Waals surface area contributed by atoms with E-state index in [0.717, 1.165) is 13.1 Å². The van der Waals surface area contributed by atoms with Crippen molar-refractivity contribution in [2.75, 3.05) is 26.7 Å². The molecule has 53 valence electrons. The van der Waals surface area contributed by atoms with Crippen LogP contribution in [0.25, 0.3) is 0 Å². The second-order valence-corrected chi connectivity index (χ2v) is 1.83. The van der Waals surface area contributed by atoms with Crippen LogP contribution in [-0.4, -0.2) is 38.1 Å². The number of rotatable bonds is 5. The predicted octanol–water partition coefficient (Wildman–Crippen LogP) is 0.0219. The van der Waals surface area contributed by atoms with Gasteiger partial charge in [0.2, 0.25) is 0 Å². The largest absolute Gasteiger partial charge is 0.456 e. The molecular formula is C6H12NO2. The van der Waals surface area contributed by atoms with Crippen molar-refractivity contribution in [3.63, 3.8) is 0 Å².